The number of carbonyl (C=O) groups is 1. The number of rotatable bonds is 19. The van der Waals surface area contributed by atoms with Gasteiger partial charge in [-0.25, -0.2) is 4.79 Å². The number of unbranched alkanes of at least 4 members (excludes halogenated alkanes) is 1. The second-order valence-corrected chi connectivity index (χ2v) is 10.9. The van der Waals surface area contributed by atoms with Gasteiger partial charge in [-0.3, -0.25) is 0 Å². The minimum Gasteiger partial charge on any atom is -0.505 e. The van der Waals surface area contributed by atoms with Gasteiger partial charge in [0.15, 0.2) is 11.9 Å². The van der Waals surface area contributed by atoms with Crippen molar-refractivity contribution >= 4 is 5.97 Å². The van der Waals surface area contributed by atoms with E-state index in [0.29, 0.717) is 6.42 Å². The topological polar surface area (TPSA) is 96.2 Å². The van der Waals surface area contributed by atoms with Gasteiger partial charge in [0.1, 0.15) is 6.10 Å². The van der Waals surface area contributed by atoms with E-state index in [1.54, 1.807) is 0 Å². The van der Waals surface area contributed by atoms with Gasteiger partial charge in [-0.05, 0) is 106 Å². The van der Waals surface area contributed by atoms with Crippen molar-refractivity contribution in [1.29, 1.82) is 0 Å². The monoisotopic (exact) mass is 544 g/mol. The van der Waals surface area contributed by atoms with Gasteiger partial charge in [-0.2, -0.15) is 0 Å². The van der Waals surface area contributed by atoms with Crippen LogP contribution in [0, 0.1) is 0 Å². The van der Waals surface area contributed by atoms with Gasteiger partial charge in [0.2, 0.25) is 5.76 Å². The Morgan fingerprint density at radius 2 is 1.26 bits per heavy atom. The van der Waals surface area contributed by atoms with Crippen LogP contribution in [0.5, 0.6) is 0 Å². The van der Waals surface area contributed by atoms with Gasteiger partial charge >= 0.3 is 5.97 Å². The highest BCUT2D eigenvalue weighted by atomic mass is 16.6. The third-order valence-corrected chi connectivity index (χ3v) is 6.73. The van der Waals surface area contributed by atoms with Gasteiger partial charge in [-0.1, -0.05) is 58.2 Å². The normalized spacial score (nSPS) is 17.9. The number of aliphatic hydroxyl groups excluding tert-OH is 3. The zero-order valence-electron chi connectivity index (χ0n) is 25.1. The first kappa shape index (κ1) is 34.5. The van der Waals surface area contributed by atoms with E-state index in [9.17, 15) is 15.0 Å². The molecule has 0 aliphatic carbocycles. The molecule has 6 nitrogen and oxygen atoms in total. The van der Waals surface area contributed by atoms with Crippen molar-refractivity contribution in [1.82, 2.24) is 0 Å². The smallest absolute Gasteiger partial charge is 0.378 e. The number of allylic oxidation sites excluding steroid dienone is 10. The first-order chi connectivity index (χ1) is 18.5. The predicted molar refractivity (Wildman–Crippen MR) is 159 cm³/mol. The highest BCUT2D eigenvalue weighted by molar-refractivity contribution is 5.89. The van der Waals surface area contributed by atoms with Gasteiger partial charge in [0.25, 0.3) is 0 Å². The zero-order chi connectivity index (χ0) is 29.2. The molecular weight excluding hydrogens is 492 g/mol. The first-order valence-corrected chi connectivity index (χ1v) is 14.4. The van der Waals surface area contributed by atoms with Gasteiger partial charge in [0, 0.05) is 0 Å². The van der Waals surface area contributed by atoms with E-state index in [-0.39, 0.29) is 12.4 Å². The molecule has 0 saturated carbocycles. The summed E-state index contributed by atoms with van der Waals surface area (Å²) in [5.74, 6) is -1.56. The van der Waals surface area contributed by atoms with Crippen LogP contribution in [0.25, 0.3) is 0 Å². The fraction of sp³-hybridized carbons (Fsp3) is 0.606. The second kappa shape index (κ2) is 19.5. The molecule has 0 aromatic rings. The molecule has 0 aromatic carbocycles. The molecule has 6 heteroatoms. The summed E-state index contributed by atoms with van der Waals surface area (Å²) in [6.45, 7) is 12.7. The maximum atomic E-state index is 11.8. The molecule has 1 heterocycles. The standard InChI is InChI=1S/C33H52O6/c1-24(2)13-9-16-27(5)19-10-17-25(3)14-7-8-15-26(4)18-11-20-28(6)21-12-22-38-32-30(36)31(29(35)23-34)39-33(32)37/h13-15,19-20,29,31,34-36H,7-12,16-18,21-23H2,1-6H3/t29-,31+/m0/s1. The number of ether oxygens (including phenoxy) is 2. The fourth-order valence-corrected chi connectivity index (χ4v) is 4.22. The Bertz CT molecular complexity index is 943. The van der Waals surface area contributed by atoms with Crippen LogP contribution in [0.4, 0.5) is 0 Å². The van der Waals surface area contributed by atoms with Gasteiger partial charge in [-0.15, -0.1) is 0 Å². The predicted octanol–water partition coefficient (Wildman–Crippen LogP) is 7.70. The molecular formula is C33H52O6. The quantitative estimate of drug-likeness (QED) is 0.0876. The van der Waals surface area contributed by atoms with E-state index in [2.05, 4.69) is 71.9 Å². The molecule has 0 spiro atoms. The van der Waals surface area contributed by atoms with Crippen LogP contribution in [0.3, 0.4) is 0 Å². The number of cyclic esters (lactones) is 1. The summed E-state index contributed by atoms with van der Waals surface area (Å²) in [5.41, 5.74) is 7.01. The van der Waals surface area contributed by atoms with E-state index < -0.39 is 30.5 Å². The summed E-state index contributed by atoms with van der Waals surface area (Å²) in [6.07, 6.45) is 19.2. The first-order valence-electron chi connectivity index (χ1n) is 14.4. The molecule has 0 fully saturated rings. The highest BCUT2D eigenvalue weighted by Gasteiger charge is 2.40. The summed E-state index contributed by atoms with van der Waals surface area (Å²) in [6, 6.07) is 0. The van der Waals surface area contributed by atoms with Crippen molar-refractivity contribution in [2.24, 2.45) is 0 Å². The van der Waals surface area contributed by atoms with Crippen LogP contribution in [-0.4, -0.2) is 46.7 Å². The molecule has 0 unspecified atom stereocenters. The van der Waals surface area contributed by atoms with Crippen LogP contribution in [-0.2, 0) is 14.3 Å². The van der Waals surface area contributed by atoms with E-state index in [1.807, 2.05) is 0 Å². The molecule has 0 aromatic heterocycles. The lowest BCUT2D eigenvalue weighted by Gasteiger charge is -2.13. The number of hydrogen-bond acceptors (Lipinski definition) is 6. The fourth-order valence-electron chi connectivity index (χ4n) is 4.22. The average molecular weight is 545 g/mol. The maximum absolute atomic E-state index is 11.8. The molecule has 0 amide bonds. The molecule has 1 aliphatic rings. The molecule has 2 atom stereocenters. The van der Waals surface area contributed by atoms with Gasteiger partial charge in [0.05, 0.1) is 13.2 Å². The lowest BCUT2D eigenvalue weighted by Crippen LogP contribution is -2.31. The SMILES string of the molecule is CC(C)=CCCC(C)=CCCC(C)=CCCC=C(C)CCC=C(C)CCCOC1=C(O)[C@@H]([C@@H](O)CO)OC1=O. The second-order valence-electron chi connectivity index (χ2n) is 10.9. The lowest BCUT2D eigenvalue weighted by molar-refractivity contribution is -0.148. The molecule has 0 radical (unpaired) electrons. The molecule has 0 saturated heterocycles. The van der Waals surface area contributed by atoms with Crippen LogP contribution in [0.2, 0.25) is 0 Å². The van der Waals surface area contributed by atoms with Gasteiger partial charge < -0.3 is 24.8 Å². The number of hydrogen-bond donors (Lipinski definition) is 3. The molecule has 220 valence electrons. The van der Waals surface area contributed by atoms with Crippen molar-refractivity contribution in [3.8, 4) is 0 Å². The van der Waals surface area contributed by atoms with Crippen molar-refractivity contribution in [2.75, 3.05) is 13.2 Å². The highest BCUT2D eigenvalue weighted by Crippen LogP contribution is 2.24. The van der Waals surface area contributed by atoms with Crippen LogP contribution < -0.4 is 0 Å². The summed E-state index contributed by atoms with van der Waals surface area (Å²) in [5, 5.41) is 28.6. The Balaban J connectivity index is 2.25. The van der Waals surface area contributed by atoms with Crippen molar-refractivity contribution in [2.45, 2.75) is 118 Å². The van der Waals surface area contributed by atoms with E-state index in [0.717, 1.165) is 57.8 Å². The number of carbonyl (C=O) groups excluding carboxylic acids is 1. The van der Waals surface area contributed by atoms with Crippen molar-refractivity contribution < 1.29 is 29.6 Å². The Labute approximate surface area is 236 Å². The molecule has 0 bridgehead atoms. The zero-order valence-corrected chi connectivity index (χ0v) is 25.1. The summed E-state index contributed by atoms with van der Waals surface area (Å²) >= 11 is 0. The largest absolute Gasteiger partial charge is 0.505 e. The third-order valence-electron chi connectivity index (χ3n) is 6.73. The molecule has 39 heavy (non-hydrogen) atoms. The van der Waals surface area contributed by atoms with Crippen LogP contribution in [0.15, 0.2) is 69.8 Å². The third kappa shape index (κ3) is 15.0. The lowest BCUT2D eigenvalue weighted by atomic mass is 10.0. The molecule has 3 N–H and O–H groups in total. The van der Waals surface area contributed by atoms with E-state index >= 15 is 0 Å². The van der Waals surface area contributed by atoms with Crippen molar-refractivity contribution in [3.63, 3.8) is 0 Å². The number of esters is 1. The summed E-state index contributed by atoms with van der Waals surface area (Å²) < 4.78 is 10.2. The molecule has 1 aliphatic heterocycles. The Kier molecular flexibility index (Phi) is 17.2. The Morgan fingerprint density at radius 1 is 0.795 bits per heavy atom. The Morgan fingerprint density at radius 3 is 1.74 bits per heavy atom. The van der Waals surface area contributed by atoms with Crippen LogP contribution >= 0.6 is 0 Å². The Hall–Kier alpha value is -2.57. The summed E-state index contributed by atoms with van der Waals surface area (Å²) in [7, 11) is 0. The minimum absolute atomic E-state index is 0.250. The minimum atomic E-state index is -1.37. The average Bonchev–Trinajstić information content (AvgIpc) is 3.16. The maximum Gasteiger partial charge on any atom is 0.378 e. The molecule has 1 rings (SSSR count). The van der Waals surface area contributed by atoms with Crippen molar-refractivity contribution in [3.05, 3.63) is 69.8 Å². The van der Waals surface area contributed by atoms with E-state index in [1.165, 1.54) is 27.9 Å². The summed E-state index contributed by atoms with van der Waals surface area (Å²) in [4.78, 5) is 11.8. The van der Waals surface area contributed by atoms with E-state index in [4.69, 9.17) is 14.6 Å². The number of aliphatic hydroxyl groups is 3. The van der Waals surface area contributed by atoms with Crippen LogP contribution in [0.1, 0.15) is 106 Å².